The number of hydrazine groups is 1. The van der Waals surface area contributed by atoms with Crippen LogP contribution in [0.4, 0.5) is 4.79 Å². The van der Waals surface area contributed by atoms with Crippen molar-refractivity contribution in [3.05, 3.63) is 95.6 Å². The molecule has 9 heteroatoms. The van der Waals surface area contributed by atoms with Crippen LogP contribution >= 0.6 is 0 Å². The lowest BCUT2D eigenvalue weighted by Crippen LogP contribution is -2.48. The SMILES string of the molecule is Cc1ccc(-c2nnc(-c3ccc(C(=O)NN4C(=O)N[C@](C)(CCc5ccccc5)C4=O)cc3)o2)cc1. The molecule has 9 nitrogen and oxygen atoms in total. The van der Waals surface area contributed by atoms with Crippen LogP contribution in [0.15, 0.2) is 83.3 Å². The Bertz CT molecular complexity index is 1450. The number of hydrogen-bond donors (Lipinski definition) is 2. The van der Waals surface area contributed by atoms with E-state index >= 15 is 0 Å². The van der Waals surface area contributed by atoms with Gasteiger partial charge in [0.1, 0.15) is 5.54 Å². The van der Waals surface area contributed by atoms with Gasteiger partial charge in [0.05, 0.1) is 0 Å². The molecule has 4 aromatic rings. The number of nitrogens with one attached hydrogen (secondary N) is 2. The fraction of sp³-hybridized carbons (Fsp3) is 0.179. The van der Waals surface area contributed by atoms with Gasteiger partial charge in [0.25, 0.3) is 11.8 Å². The standard InChI is InChI=1S/C28H25N5O4/c1-18-8-10-21(11-9-18)24-30-31-25(37-24)22-14-12-20(13-15-22)23(34)32-33-26(35)28(2,29-27(33)36)17-16-19-6-4-3-5-7-19/h3-15H,16-17H2,1-2H3,(H,29,36)(H,32,34)/t28-/m1/s1. The van der Waals surface area contributed by atoms with Gasteiger partial charge >= 0.3 is 6.03 Å². The first-order valence-corrected chi connectivity index (χ1v) is 11.8. The van der Waals surface area contributed by atoms with Gasteiger partial charge < -0.3 is 9.73 Å². The predicted octanol–water partition coefficient (Wildman–Crippen LogP) is 4.30. The highest BCUT2D eigenvalue weighted by atomic mass is 16.4. The third-order valence-corrected chi connectivity index (χ3v) is 6.35. The molecule has 5 rings (SSSR count). The minimum Gasteiger partial charge on any atom is -0.416 e. The van der Waals surface area contributed by atoms with E-state index in [2.05, 4.69) is 20.9 Å². The van der Waals surface area contributed by atoms with Crippen molar-refractivity contribution >= 4 is 17.8 Å². The number of aryl methyl sites for hydroxylation is 2. The van der Waals surface area contributed by atoms with Crippen LogP contribution in [0.3, 0.4) is 0 Å². The highest BCUT2D eigenvalue weighted by molar-refractivity contribution is 6.09. The van der Waals surface area contributed by atoms with Gasteiger partial charge in [0.2, 0.25) is 11.8 Å². The summed E-state index contributed by atoms with van der Waals surface area (Å²) in [6, 6.07) is 23.2. The lowest BCUT2D eigenvalue weighted by Gasteiger charge is -2.21. The Hall–Kier alpha value is -4.79. The second-order valence-corrected chi connectivity index (χ2v) is 9.19. The van der Waals surface area contributed by atoms with Crippen LogP contribution in [0.2, 0.25) is 0 Å². The second-order valence-electron chi connectivity index (χ2n) is 9.19. The third-order valence-electron chi connectivity index (χ3n) is 6.35. The topological polar surface area (TPSA) is 117 Å². The van der Waals surface area contributed by atoms with E-state index in [0.29, 0.717) is 30.2 Å². The first-order chi connectivity index (χ1) is 17.8. The largest absolute Gasteiger partial charge is 0.416 e. The molecule has 2 heterocycles. The second kappa shape index (κ2) is 9.69. The maximum absolute atomic E-state index is 13.0. The summed E-state index contributed by atoms with van der Waals surface area (Å²) in [7, 11) is 0. The first-order valence-electron chi connectivity index (χ1n) is 11.8. The zero-order valence-electron chi connectivity index (χ0n) is 20.4. The fourth-order valence-corrected chi connectivity index (χ4v) is 4.08. The number of benzene rings is 3. The van der Waals surface area contributed by atoms with Gasteiger partial charge in [-0.15, -0.1) is 10.2 Å². The minimum absolute atomic E-state index is 0.264. The highest BCUT2D eigenvalue weighted by Crippen LogP contribution is 2.25. The van der Waals surface area contributed by atoms with Gasteiger partial charge in [0.15, 0.2) is 0 Å². The summed E-state index contributed by atoms with van der Waals surface area (Å²) in [5.41, 5.74) is 5.19. The van der Waals surface area contributed by atoms with Gasteiger partial charge in [-0.3, -0.25) is 15.0 Å². The molecule has 186 valence electrons. The number of rotatable bonds is 7. The van der Waals surface area contributed by atoms with E-state index in [9.17, 15) is 14.4 Å². The summed E-state index contributed by atoms with van der Waals surface area (Å²) >= 11 is 0. The number of hydrogen-bond acceptors (Lipinski definition) is 6. The Kier molecular flexibility index (Phi) is 6.27. The lowest BCUT2D eigenvalue weighted by atomic mass is 9.93. The molecule has 1 aromatic heterocycles. The Morgan fingerprint density at radius 1 is 0.919 bits per heavy atom. The molecular weight excluding hydrogens is 470 g/mol. The summed E-state index contributed by atoms with van der Waals surface area (Å²) < 4.78 is 5.78. The van der Waals surface area contributed by atoms with Crippen molar-refractivity contribution in [3.8, 4) is 22.9 Å². The Balaban J connectivity index is 1.23. The number of imide groups is 1. The Morgan fingerprint density at radius 3 is 2.14 bits per heavy atom. The van der Waals surface area contributed by atoms with Crippen LogP contribution in [-0.4, -0.2) is 38.6 Å². The smallest absolute Gasteiger partial charge is 0.344 e. The maximum Gasteiger partial charge on any atom is 0.344 e. The molecule has 4 amide bonds. The molecule has 3 aromatic carbocycles. The van der Waals surface area contributed by atoms with Crippen molar-refractivity contribution in [2.75, 3.05) is 0 Å². The average Bonchev–Trinajstić information content (AvgIpc) is 3.48. The van der Waals surface area contributed by atoms with Crippen molar-refractivity contribution in [1.82, 2.24) is 25.9 Å². The van der Waals surface area contributed by atoms with Crippen LogP contribution in [0.1, 0.15) is 34.8 Å². The normalized spacial score (nSPS) is 17.1. The van der Waals surface area contributed by atoms with E-state index < -0.39 is 23.4 Å². The molecule has 1 aliphatic heterocycles. The molecule has 0 aliphatic carbocycles. The van der Waals surface area contributed by atoms with Gasteiger partial charge in [0, 0.05) is 16.7 Å². The van der Waals surface area contributed by atoms with E-state index in [-0.39, 0.29) is 5.56 Å². The zero-order chi connectivity index (χ0) is 26.0. The number of amides is 4. The van der Waals surface area contributed by atoms with E-state index in [0.717, 1.165) is 21.7 Å². The third kappa shape index (κ3) is 4.97. The molecule has 1 fully saturated rings. The van der Waals surface area contributed by atoms with Gasteiger partial charge in [-0.25, -0.2) is 4.79 Å². The van der Waals surface area contributed by atoms with E-state index in [1.54, 1.807) is 31.2 Å². The molecule has 0 radical (unpaired) electrons. The predicted molar refractivity (Wildman–Crippen MR) is 136 cm³/mol. The monoisotopic (exact) mass is 495 g/mol. The maximum atomic E-state index is 13.0. The van der Waals surface area contributed by atoms with Crippen LogP contribution in [0.5, 0.6) is 0 Å². The minimum atomic E-state index is -1.11. The van der Waals surface area contributed by atoms with Gasteiger partial charge in [-0.2, -0.15) is 5.01 Å². The molecule has 37 heavy (non-hydrogen) atoms. The Labute approximate surface area is 213 Å². The Morgan fingerprint density at radius 2 is 1.51 bits per heavy atom. The highest BCUT2D eigenvalue weighted by Gasteiger charge is 2.48. The number of urea groups is 1. The first kappa shape index (κ1) is 23.9. The number of nitrogens with zero attached hydrogens (tertiary/aromatic N) is 3. The van der Waals surface area contributed by atoms with Crippen LogP contribution < -0.4 is 10.7 Å². The molecular formula is C28H25N5O4. The van der Waals surface area contributed by atoms with Crippen molar-refractivity contribution in [3.63, 3.8) is 0 Å². The van der Waals surface area contributed by atoms with Crippen molar-refractivity contribution in [2.24, 2.45) is 0 Å². The quantitative estimate of drug-likeness (QED) is 0.369. The fourth-order valence-electron chi connectivity index (χ4n) is 4.08. The van der Waals surface area contributed by atoms with Crippen molar-refractivity contribution in [1.29, 1.82) is 0 Å². The summed E-state index contributed by atoms with van der Waals surface area (Å²) in [5, 5.41) is 11.6. The molecule has 1 saturated heterocycles. The summed E-state index contributed by atoms with van der Waals surface area (Å²) in [5.74, 6) is -0.391. The molecule has 1 aliphatic rings. The van der Waals surface area contributed by atoms with E-state index in [1.165, 1.54) is 0 Å². The molecule has 0 unspecified atom stereocenters. The molecule has 0 saturated carbocycles. The van der Waals surface area contributed by atoms with Crippen LogP contribution in [-0.2, 0) is 11.2 Å². The van der Waals surface area contributed by atoms with Crippen LogP contribution in [0.25, 0.3) is 22.9 Å². The van der Waals surface area contributed by atoms with Gasteiger partial charge in [-0.1, -0.05) is 48.0 Å². The van der Waals surface area contributed by atoms with Crippen molar-refractivity contribution < 1.29 is 18.8 Å². The van der Waals surface area contributed by atoms with E-state index in [4.69, 9.17) is 4.42 Å². The molecule has 2 N–H and O–H groups in total. The molecule has 0 spiro atoms. The zero-order valence-corrected chi connectivity index (χ0v) is 20.4. The molecule has 0 bridgehead atoms. The summed E-state index contributed by atoms with van der Waals surface area (Å²) in [4.78, 5) is 38.3. The average molecular weight is 496 g/mol. The molecule has 1 atom stereocenters. The van der Waals surface area contributed by atoms with E-state index in [1.807, 2.05) is 61.5 Å². The van der Waals surface area contributed by atoms with Crippen molar-refractivity contribution in [2.45, 2.75) is 32.2 Å². The number of carbonyl (C=O) groups is 3. The number of aromatic nitrogens is 2. The lowest BCUT2D eigenvalue weighted by molar-refractivity contribution is -0.132. The van der Waals surface area contributed by atoms with Crippen LogP contribution in [0, 0.1) is 6.92 Å². The van der Waals surface area contributed by atoms with Gasteiger partial charge in [-0.05, 0) is 68.7 Å². The summed E-state index contributed by atoms with van der Waals surface area (Å²) in [6.45, 7) is 3.66. The number of carbonyl (C=O) groups excluding carboxylic acids is 3. The summed E-state index contributed by atoms with van der Waals surface area (Å²) in [6.07, 6.45) is 1.01.